The van der Waals surface area contributed by atoms with Crippen LogP contribution in [0.1, 0.15) is 18.1 Å². The molecule has 5 atom stereocenters. The van der Waals surface area contributed by atoms with E-state index < -0.39 is 18.5 Å². The van der Waals surface area contributed by atoms with Gasteiger partial charge < -0.3 is 24.1 Å². The van der Waals surface area contributed by atoms with Crippen LogP contribution in [0.15, 0.2) is 60.7 Å². The minimum Gasteiger partial charge on any atom is -0.390 e. The lowest BCUT2D eigenvalue weighted by atomic mass is 9.91. The molecule has 1 heterocycles. The highest BCUT2D eigenvalue weighted by Gasteiger charge is 2.44. The predicted octanol–water partition coefficient (Wildman–Crippen LogP) is 3.16. The summed E-state index contributed by atoms with van der Waals surface area (Å²) in [7, 11) is 1.56. The van der Waals surface area contributed by atoms with Gasteiger partial charge in [0.2, 0.25) is 0 Å². The second kappa shape index (κ2) is 9.97. The van der Waals surface area contributed by atoms with Crippen molar-refractivity contribution < 1.29 is 24.1 Å². The zero-order valence-corrected chi connectivity index (χ0v) is 15.9. The number of hydrogen-bond donors (Lipinski definition) is 1. The van der Waals surface area contributed by atoms with Crippen molar-refractivity contribution in [1.29, 1.82) is 0 Å². The molecule has 0 aliphatic carbocycles. The zero-order chi connectivity index (χ0) is 19.1. The maximum absolute atomic E-state index is 10.8. The third-order valence-corrected chi connectivity index (χ3v) is 4.95. The molecule has 1 aliphatic heterocycles. The average Bonchev–Trinajstić information content (AvgIpc) is 2.72. The summed E-state index contributed by atoms with van der Waals surface area (Å²) >= 11 is 0. The minimum absolute atomic E-state index is 0.132. The fraction of sp³-hybridized carbons (Fsp3) is 0.455. The van der Waals surface area contributed by atoms with Crippen LogP contribution in [0.25, 0.3) is 0 Å². The number of ether oxygens (including phenoxy) is 4. The van der Waals surface area contributed by atoms with Crippen molar-refractivity contribution >= 4 is 0 Å². The van der Waals surface area contributed by atoms with E-state index in [1.807, 2.05) is 67.6 Å². The second-order valence-electron chi connectivity index (χ2n) is 6.89. The van der Waals surface area contributed by atoms with Crippen LogP contribution < -0.4 is 0 Å². The normalized spacial score (nSPS) is 28.2. The van der Waals surface area contributed by atoms with Crippen LogP contribution in [0.2, 0.25) is 0 Å². The van der Waals surface area contributed by atoms with Crippen molar-refractivity contribution in [2.45, 2.75) is 44.7 Å². The van der Waals surface area contributed by atoms with Crippen molar-refractivity contribution in [3.05, 3.63) is 71.8 Å². The number of hydrogen-bond acceptors (Lipinski definition) is 5. The molecule has 146 valence electrons. The quantitative estimate of drug-likeness (QED) is 0.771. The highest BCUT2D eigenvalue weighted by molar-refractivity contribution is 5.14. The zero-order valence-electron chi connectivity index (χ0n) is 15.9. The monoisotopic (exact) mass is 372 g/mol. The average molecular weight is 372 g/mol. The van der Waals surface area contributed by atoms with Crippen LogP contribution in [0.3, 0.4) is 0 Å². The van der Waals surface area contributed by atoms with Gasteiger partial charge in [-0.05, 0) is 11.1 Å². The maximum atomic E-state index is 10.8. The molecule has 2 unspecified atom stereocenters. The summed E-state index contributed by atoms with van der Waals surface area (Å²) in [5.41, 5.74) is 2.15. The molecule has 5 heteroatoms. The van der Waals surface area contributed by atoms with E-state index in [1.165, 1.54) is 0 Å². The maximum Gasteiger partial charge on any atom is 0.186 e. The van der Waals surface area contributed by atoms with Gasteiger partial charge in [0.15, 0.2) is 6.29 Å². The number of aliphatic hydroxyl groups excluding tert-OH is 1. The Morgan fingerprint density at radius 3 is 2.11 bits per heavy atom. The van der Waals surface area contributed by atoms with Gasteiger partial charge in [0, 0.05) is 13.0 Å². The Morgan fingerprint density at radius 1 is 0.926 bits per heavy atom. The standard InChI is InChI=1S/C22H28O5/c1-16-19(15-25-13-17-9-5-3-6-10-17)27-22(24-2)21(20(16)23)26-14-18-11-7-4-8-12-18/h3-12,16,19-23H,13-15H2,1-2H3/t16-,19?,20-,21?,22+/m0/s1. The third-order valence-electron chi connectivity index (χ3n) is 4.95. The fourth-order valence-electron chi connectivity index (χ4n) is 3.25. The summed E-state index contributed by atoms with van der Waals surface area (Å²) < 4.78 is 23.2. The topological polar surface area (TPSA) is 57.2 Å². The van der Waals surface area contributed by atoms with Crippen LogP contribution in [-0.2, 0) is 32.2 Å². The molecule has 0 radical (unpaired) electrons. The minimum atomic E-state index is -0.697. The number of aliphatic hydroxyl groups is 1. The van der Waals surface area contributed by atoms with Gasteiger partial charge in [-0.1, -0.05) is 67.6 Å². The van der Waals surface area contributed by atoms with E-state index in [-0.39, 0.29) is 12.0 Å². The first-order valence-corrected chi connectivity index (χ1v) is 9.32. The lowest BCUT2D eigenvalue weighted by Gasteiger charge is -2.42. The van der Waals surface area contributed by atoms with Crippen LogP contribution >= 0.6 is 0 Å². The Balaban J connectivity index is 1.54. The Morgan fingerprint density at radius 2 is 1.52 bits per heavy atom. The lowest BCUT2D eigenvalue weighted by Crippen LogP contribution is -2.56. The molecule has 0 saturated carbocycles. The van der Waals surface area contributed by atoms with E-state index in [0.717, 1.165) is 11.1 Å². The smallest absolute Gasteiger partial charge is 0.186 e. The molecule has 2 aromatic rings. The fourth-order valence-corrected chi connectivity index (χ4v) is 3.25. The summed E-state index contributed by atoms with van der Waals surface area (Å²) in [6, 6.07) is 19.8. The molecule has 27 heavy (non-hydrogen) atoms. The van der Waals surface area contributed by atoms with Crippen LogP contribution in [0.4, 0.5) is 0 Å². The van der Waals surface area contributed by atoms with Gasteiger partial charge in [-0.3, -0.25) is 0 Å². The summed E-state index contributed by atoms with van der Waals surface area (Å²) in [5, 5.41) is 10.8. The first kappa shape index (κ1) is 20.0. The third kappa shape index (κ3) is 5.37. The molecule has 5 nitrogen and oxygen atoms in total. The van der Waals surface area contributed by atoms with E-state index in [4.69, 9.17) is 18.9 Å². The largest absolute Gasteiger partial charge is 0.390 e. The molecule has 0 bridgehead atoms. The molecule has 0 spiro atoms. The molecule has 1 saturated heterocycles. The van der Waals surface area contributed by atoms with E-state index in [2.05, 4.69) is 0 Å². The van der Waals surface area contributed by atoms with Crippen molar-refractivity contribution in [2.24, 2.45) is 5.92 Å². The molecule has 0 aromatic heterocycles. The molecular formula is C22H28O5. The van der Waals surface area contributed by atoms with E-state index in [1.54, 1.807) is 7.11 Å². The Bertz CT molecular complexity index is 659. The molecule has 1 aliphatic rings. The Hall–Kier alpha value is -1.76. The summed E-state index contributed by atoms with van der Waals surface area (Å²) in [4.78, 5) is 0. The van der Waals surface area contributed by atoms with E-state index >= 15 is 0 Å². The summed E-state index contributed by atoms with van der Waals surface area (Å²) in [6.07, 6.45) is -2.14. The van der Waals surface area contributed by atoms with Crippen molar-refractivity contribution in [3.63, 3.8) is 0 Å². The van der Waals surface area contributed by atoms with Gasteiger partial charge in [-0.15, -0.1) is 0 Å². The number of methoxy groups -OCH3 is 1. The predicted molar refractivity (Wildman–Crippen MR) is 102 cm³/mol. The van der Waals surface area contributed by atoms with Gasteiger partial charge in [-0.2, -0.15) is 0 Å². The van der Waals surface area contributed by atoms with Gasteiger partial charge in [0.25, 0.3) is 0 Å². The van der Waals surface area contributed by atoms with Crippen LogP contribution in [-0.4, -0.2) is 43.4 Å². The van der Waals surface area contributed by atoms with E-state index in [0.29, 0.717) is 19.8 Å². The van der Waals surface area contributed by atoms with Crippen LogP contribution in [0, 0.1) is 5.92 Å². The SMILES string of the molecule is CO[C@@H]1OC(COCc2ccccc2)[C@H](C)[C@H](O)C1OCc1ccccc1. The number of rotatable bonds is 8. The highest BCUT2D eigenvalue weighted by atomic mass is 16.7. The lowest BCUT2D eigenvalue weighted by molar-refractivity contribution is -0.295. The Kier molecular flexibility index (Phi) is 7.38. The molecule has 3 rings (SSSR count). The molecular weight excluding hydrogens is 344 g/mol. The van der Waals surface area contributed by atoms with Crippen LogP contribution in [0.5, 0.6) is 0 Å². The van der Waals surface area contributed by atoms with Gasteiger partial charge in [-0.25, -0.2) is 0 Å². The summed E-state index contributed by atoms with van der Waals surface area (Å²) in [5.74, 6) is -0.132. The molecule has 1 fully saturated rings. The highest BCUT2D eigenvalue weighted by Crippen LogP contribution is 2.29. The molecule has 2 aromatic carbocycles. The molecule has 0 amide bonds. The van der Waals surface area contributed by atoms with Gasteiger partial charge in [0.05, 0.1) is 32.0 Å². The van der Waals surface area contributed by atoms with Crippen molar-refractivity contribution in [2.75, 3.05) is 13.7 Å². The van der Waals surface area contributed by atoms with Crippen molar-refractivity contribution in [1.82, 2.24) is 0 Å². The summed E-state index contributed by atoms with van der Waals surface area (Å²) in [6.45, 7) is 3.24. The van der Waals surface area contributed by atoms with Gasteiger partial charge >= 0.3 is 0 Å². The first-order valence-electron chi connectivity index (χ1n) is 9.32. The molecule has 1 N–H and O–H groups in total. The van der Waals surface area contributed by atoms with E-state index in [9.17, 15) is 5.11 Å². The second-order valence-corrected chi connectivity index (χ2v) is 6.89. The number of benzene rings is 2. The Labute approximate surface area is 160 Å². The van der Waals surface area contributed by atoms with Crippen molar-refractivity contribution in [3.8, 4) is 0 Å². The van der Waals surface area contributed by atoms with Gasteiger partial charge in [0.1, 0.15) is 6.10 Å². The first-order chi connectivity index (χ1) is 13.2.